The third kappa shape index (κ3) is 7.97. The van der Waals surface area contributed by atoms with Crippen molar-refractivity contribution < 1.29 is 17.9 Å². The Morgan fingerprint density at radius 1 is 1.35 bits per heavy atom. The molecular formula is C15H19F3IN3O. The van der Waals surface area contributed by atoms with Crippen LogP contribution < -0.4 is 15.8 Å². The lowest BCUT2D eigenvalue weighted by Gasteiger charge is -2.23. The molecule has 0 aliphatic heterocycles. The summed E-state index contributed by atoms with van der Waals surface area (Å²) in [6, 6.07) is 4.82. The van der Waals surface area contributed by atoms with Crippen molar-refractivity contribution in [3.8, 4) is 18.1 Å². The number of hydrogen-bond acceptors (Lipinski definition) is 2. The van der Waals surface area contributed by atoms with Gasteiger partial charge in [-0.05, 0) is 17.5 Å². The number of nitrogens with zero attached hydrogens (tertiary/aromatic N) is 1. The lowest BCUT2D eigenvalue weighted by molar-refractivity contribution is -0.274. The van der Waals surface area contributed by atoms with E-state index in [0.29, 0.717) is 5.69 Å². The minimum atomic E-state index is -4.75. The van der Waals surface area contributed by atoms with Gasteiger partial charge in [-0.2, -0.15) is 0 Å². The molecule has 1 unspecified atom stereocenters. The van der Waals surface area contributed by atoms with E-state index in [9.17, 15) is 13.2 Å². The number of halogens is 4. The van der Waals surface area contributed by atoms with Crippen molar-refractivity contribution in [2.24, 2.45) is 16.1 Å². The fourth-order valence-electron chi connectivity index (χ4n) is 1.57. The Balaban J connectivity index is 0.00000484. The largest absolute Gasteiger partial charge is 0.573 e. The second kappa shape index (κ2) is 8.29. The zero-order valence-corrected chi connectivity index (χ0v) is 15.3. The predicted molar refractivity (Wildman–Crippen MR) is 95.9 cm³/mol. The maximum absolute atomic E-state index is 12.2. The molecule has 0 radical (unpaired) electrons. The minimum Gasteiger partial charge on any atom is -0.406 e. The van der Waals surface area contributed by atoms with Crippen LogP contribution in [0.5, 0.6) is 5.75 Å². The second-order valence-corrected chi connectivity index (χ2v) is 5.65. The lowest BCUT2D eigenvalue weighted by atomic mass is 9.88. The number of nitrogens with one attached hydrogen (secondary N) is 1. The molecule has 0 saturated heterocycles. The monoisotopic (exact) mass is 441 g/mol. The van der Waals surface area contributed by atoms with E-state index in [1.165, 1.54) is 18.2 Å². The number of ether oxygens (including phenoxy) is 1. The summed E-state index contributed by atoms with van der Waals surface area (Å²) >= 11 is 0. The lowest BCUT2D eigenvalue weighted by Crippen LogP contribution is -2.30. The molecular weight excluding hydrogens is 422 g/mol. The number of terminal acetylenes is 1. The van der Waals surface area contributed by atoms with Gasteiger partial charge in [0.15, 0.2) is 5.96 Å². The molecule has 23 heavy (non-hydrogen) atoms. The molecule has 0 aliphatic carbocycles. The zero-order valence-electron chi connectivity index (χ0n) is 12.9. The van der Waals surface area contributed by atoms with Crippen LogP contribution in [0.3, 0.4) is 0 Å². The number of guanidine groups is 1. The van der Waals surface area contributed by atoms with E-state index in [-0.39, 0.29) is 41.1 Å². The summed E-state index contributed by atoms with van der Waals surface area (Å²) in [5.41, 5.74) is 5.76. The first-order valence-electron chi connectivity index (χ1n) is 6.43. The van der Waals surface area contributed by atoms with Crippen LogP contribution in [0.4, 0.5) is 18.9 Å². The Bertz CT molecular complexity index is 589. The molecule has 1 rings (SSSR count). The predicted octanol–water partition coefficient (Wildman–Crippen LogP) is 3.98. The van der Waals surface area contributed by atoms with Gasteiger partial charge in [0.1, 0.15) is 11.8 Å². The minimum absolute atomic E-state index is 0. The van der Waals surface area contributed by atoms with Crippen molar-refractivity contribution in [3.05, 3.63) is 24.3 Å². The Morgan fingerprint density at radius 3 is 2.43 bits per heavy atom. The highest BCUT2D eigenvalue weighted by Crippen LogP contribution is 2.25. The Morgan fingerprint density at radius 2 is 1.96 bits per heavy atom. The molecule has 0 aliphatic rings. The summed E-state index contributed by atoms with van der Waals surface area (Å²) in [5.74, 6) is 2.18. The van der Waals surface area contributed by atoms with Crippen molar-refractivity contribution in [2.45, 2.75) is 33.2 Å². The smallest absolute Gasteiger partial charge is 0.406 e. The van der Waals surface area contributed by atoms with E-state index in [4.69, 9.17) is 12.2 Å². The highest BCUT2D eigenvalue weighted by molar-refractivity contribution is 14.0. The number of rotatable bonds is 3. The highest BCUT2D eigenvalue weighted by atomic mass is 127. The van der Waals surface area contributed by atoms with E-state index in [0.717, 1.165) is 6.07 Å². The molecule has 4 nitrogen and oxygen atoms in total. The first kappa shape index (κ1) is 21.4. The highest BCUT2D eigenvalue weighted by Gasteiger charge is 2.31. The average molecular weight is 441 g/mol. The quantitative estimate of drug-likeness (QED) is 0.323. The van der Waals surface area contributed by atoms with Gasteiger partial charge in [-0.1, -0.05) is 32.8 Å². The van der Waals surface area contributed by atoms with E-state index < -0.39 is 12.4 Å². The first-order chi connectivity index (χ1) is 10.0. The fourth-order valence-corrected chi connectivity index (χ4v) is 1.57. The van der Waals surface area contributed by atoms with E-state index in [1.807, 2.05) is 20.8 Å². The maximum atomic E-state index is 12.2. The van der Waals surface area contributed by atoms with Crippen molar-refractivity contribution >= 4 is 35.6 Å². The molecule has 0 bridgehead atoms. The molecule has 0 heterocycles. The van der Waals surface area contributed by atoms with Gasteiger partial charge in [0.2, 0.25) is 0 Å². The maximum Gasteiger partial charge on any atom is 0.573 e. The summed E-state index contributed by atoms with van der Waals surface area (Å²) in [6.07, 6.45) is 0.658. The third-order valence-electron chi connectivity index (χ3n) is 2.59. The van der Waals surface area contributed by atoms with Crippen molar-refractivity contribution in [3.63, 3.8) is 0 Å². The van der Waals surface area contributed by atoms with Crippen LogP contribution in [0.2, 0.25) is 0 Å². The summed E-state index contributed by atoms with van der Waals surface area (Å²) in [4.78, 5) is 4.15. The molecule has 1 aromatic carbocycles. The molecule has 1 atom stereocenters. The van der Waals surface area contributed by atoms with Gasteiger partial charge in [-0.3, -0.25) is 0 Å². The molecule has 3 N–H and O–H groups in total. The topological polar surface area (TPSA) is 59.6 Å². The summed E-state index contributed by atoms with van der Waals surface area (Å²) in [7, 11) is 0. The number of anilines is 1. The van der Waals surface area contributed by atoms with Crippen LogP contribution in [-0.4, -0.2) is 18.4 Å². The van der Waals surface area contributed by atoms with E-state index in [1.54, 1.807) is 0 Å². The van der Waals surface area contributed by atoms with Gasteiger partial charge in [-0.15, -0.1) is 43.6 Å². The molecule has 0 saturated carbocycles. The zero-order chi connectivity index (χ0) is 17.0. The summed E-state index contributed by atoms with van der Waals surface area (Å²) in [6.45, 7) is 5.73. The summed E-state index contributed by atoms with van der Waals surface area (Å²) < 4.78 is 40.3. The Hall–Kier alpha value is -1.63. The second-order valence-electron chi connectivity index (χ2n) is 5.65. The number of benzene rings is 1. The molecule has 0 fully saturated rings. The SMILES string of the molecule is C#CC(N=C(N)Nc1cccc(OC(F)(F)F)c1)C(C)(C)C.I. The van der Waals surface area contributed by atoms with Gasteiger partial charge in [0, 0.05) is 11.8 Å². The number of aliphatic imine (C=N–C) groups is 1. The molecule has 0 amide bonds. The fraction of sp³-hybridized carbons (Fsp3) is 0.400. The van der Waals surface area contributed by atoms with Crippen LogP contribution in [0.15, 0.2) is 29.3 Å². The van der Waals surface area contributed by atoms with Gasteiger partial charge < -0.3 is 15.8 Å². The van der Waals surface area contributed by atoms with Crippen LogP contribution in [0.25, 0.3) is 0 Å². The summed E-state index contributed by atoms with van der Waals surface area (Å²) in [5, 5.41) is 2.69. The first-order valence-corrected chi connectivity index (χ1v) is 6.43. The molecule has 128 valence electrons. The number of nitrogens with two attached hydrogens (primary N) is 1. The standard InChI is InChI=1S/C15H18F3N3O.HI/c1-5-12(14(2,3)4)21-13(19)20-10-7-6-8-11(9-10)22-15(16,17)18;/h1,6-9,12H,2-4H3,(H3,19,20,21);1H. The molecule has 1 aromatic rings. The van der Waals surface area contributed by atoms with Crippen molar-refractivity contribution in [1.82, 2.24) is 0 Å². The molecule has 8 heteroatoms. The van der Waals surface area contributed by atoms with E-state index in [2.05, 4.69) is 21.0 Å². The van der Waals surface area contributed by atoms with Gasteiger partial charge >= 0.3 is 6.36 Å². The average Bonchev–Trinajstić information content (AvgIpc) is 2.32. The number of alkyl halides is 3. The Labute approximate surface area is 150 Å². The normalized spacial score (nSPS) is 13.5. The van der Waals surface area contributed by atoms with E-state index >= 15 is 0 Å². The van der Waals surface area contributed by atoms with Crippen LogP contribution in [0, 0.1) is 17.8 Å². The van der Waals surface area contributed by atoms with Crippen LogP contribution in [-0.2, 0) is 0 Å². The number of hydrogen-bond donors (Lipinski definition) is 2. The van der Waals surface area contributed by atoms with Gasteiger partial charge in [0.05, 0.1) is 0 Å². The van der Waals surface area contributed by atoms with Gasteiger partial charge in [0.25, 0.3) is 0 Å². The molecule has 0 spiro atoms. The van der Waals surface area contributed by atoms with Gasteiger partial charge in [-0.25, -0.2) is 4.99 Å². The molecule has 0 aromatic heterocycles. The van der Waals surface area contributed by atoms with Crippen LogP contribution >= 0.6 is 24.0 Å². The van der Waals surface area contributed by atoms with Crippen molar-refractivity contribution in [1.29, 1.82) is 0 Å². The van der Waals surface area contributed by atoms with Crippen LogP contribution in [0.1, 0.15) is 20.8 Å². The van der Waals surface area contributed by atoms with Crippen molar-refractivity contribution in [2.75, 3.05) is 5.32 Å². The Kier molecular flexibility index (Phi) is 7.70. The third-order valence-corrected chi connectivity index (χ3v) is 2.59.